The minimum Gasteiger partial charge on any atom is -0.504 e. The van der Waals surface area contributed by atoms with Crippen LogP contribution >= 0.6 is 15.9 Å². The summed E-state index contributed by atoms with van der Waals surface area (Å²) < 4.78 is 5.90. The van der Waals surface area contributed by atoms with E-state index in [0.29, 0.717) is 15.7 Å². The van der Waals surface area contributed by atoms with Crippen molar-refractivity contribution in [3.05, 3.63) is 53.0 Å². The second-order valence-corrected chi connectivity index (χ2v) is 5.62. The van der Waals surface area contributed by atoms with Crippen LogP contribution in [0.15, 0.2) is 53.0 Å². The number of halogens is 1. The molecule has 21 heavy (non-hydrogen) atoms. The fourth-order valence-electron chi connectivity index (χ4n) is 2.41. The molecule has 3 rings (SSSR count). The monoisotopic (exact) mass is 343 g/mol. The minimum absolute atomic E-state index is 0.0495. The molecule has 0 aliphatic carbocycles. The fraction of sp³-hybridized carbons (Fsp3) is 0.0588. The number of hydrogen-bond acceptors (Lipinski definition) is 3. The van der Waals surface area contributed by atoms with Gasteiger partial charge in [0.1, 0.15) is 0 Å². The topological polar surface area (TPSA) is 55.5 Å². The Hall–Kier alpha value is -2.20. The largest absolute Gasteiger partial charge is 0.504 e. The summed E-state index contributed by atoms with van der Waals surface area (Å²) in [4.78, 5) is 0. The zero-order valence-corrected chi connectivity index (χ0v) is 13.0. The van der Waals surface area contributed by atoms with Crippen LogP contribution in [0.3, 0.4) is 0 Å². The number of rotatable bonds is 2. The summed E-state index contributed by atoms with van der Waals surface area (Å²) in [6, 6.07) is 15.9. The predicted octanol–water partition coefficient (Wildman–Crippen LogP) is 4.57. The molecule has 0 fully saturated rings. The van der Waals surface area contributed by atoms with Crippen molar-refractivity contribution in [1.29, 1.82) is 0 Å². The second-order valence-electron chi connectivity index (χ2n) is 4.76. The van der Waals surface area contributed by atoms with Gasteiger partial charge in [-0.2, -0.15) is 0 Å². The quantitative estimate of drug-likeness (QED) is 0.670. The zero-order chi connectivity index (χ0) is 15.0. The third-order valence-corrected chi connectivity index (χ3v) is 4.16. The van der Waals surface area contributed by atoms with Gasteiger partial charge < -0.3 is 15.6 Å². The summed E-state index contributed by atoms with van der Waals surface area (Å²) in [5, 5.41) is 12.7. The van der Waals surface area contributed by atoms with Crippen molar-refractivity contribution < 1.29 is 9.84 Å². The first-order valence-electron chi connectivity index (χ1n) is 6.46. The van der Waals surface area contributed by atoms with Crippen LogP contribution in [0.2, 0.25) is 0 Å². The van der Waals surface area contributed by atoms with Crippen LogP contribution in [0.1, 0.15) is 0 Å². The molecule has 0 aliphatic rings. The van der Waals surface area contributed by atoms with Gasteiger partial charge in [-0.3, -0.25) is 0 Å². The number of phenols is 1. The maximum absolute atomic E-state index is 10.4. The van der Waals surface area contributed by atoms with Crippen LogP contribution in [0.4, 0.5) is 5.69 Å². The molecule has 3 aromatic carbocycles. The van der Waals surface area contributed by atoms with E-state index in [4.69, 9.17) is 10.5 Å². The van der Waals surface area contributed by atoms with E-state index in [2.05, 4.69) is 22.0 Å². The van der Waals surface area contributed by atoms with E-state index >= 15 is 0 Å². The number of hydrogen-bond donors (Lipinski definition) is 2. The van der Waals surface area contributed by atoms with Crippen molar-refractivity contribution in [2.75, 3.05) is 12.8 Å². The van der Waals surface area contributed by atoms with Gasteiger partial charge in [-0.05, 0) is 44.4 Å². The van der Waals surface area contributed by atoms with E-state index in [1.54, 1.807) is 6.07 Å². The van der Waals surface area contributed by atoms with Gasteiger partial charge in [-0.25, -0.2) is 0 Å². The van der Waals surface area contributed by atoms with Gasteiger partial charge in [0, 0.05) is 10.0 Å². The minimum atomic E-state index is 0.0495. The Kier molecular flexibility index (Phi) is 3.47. The molecule has 3 N–H and O–H groups in total. The van der Waals surface area contributed by atoms with Gasteiger partial charge in [0.15, 0.2) is 11.5 Å². The van der Waals surface area contributed by atoms with E-state index in [-0.39, 0.29) is 11.5 Å². The van der Waals surface area contributed by atoms with Gasteiger partial charge in [0.25, 0.3) is 0 Å². The number of nitrogen functional groups attached to an aromatic ring is 1. The van der Waals surface area contributed by atoms with Crippen LogP contribution in [-0.4, -0.2) is 12.2 Å². The molecule has 0 bridgehead atoms. The van der Waals surface area contributed by atoms with Crippen LogP contribution in [0.5, 0.6) is 11.5 Å². The van der Waals surface area contributed by atoms with E-state index in [9.17, 15) is 5.11 Å². The maximum Gasteiger partial charge on any atom is 0.185 e. The average molecular weight is 344 g/mol. The maximum atomic E-state index is 10.4. The zero-order valence-electron chi connectivity index (χ0n) is 11.4. The second kappa shape index (κ2) is 5.30. The lowest BCUT2D eigenvalue weighted by Crippen LogP contribution is -1.95. The number of nitrogens with two attached hydrogens (primary N) is 1. The molecule has 3 aromatic rings. The lowest BCUT2D eigenvalue weighted by atomic mass is 10.00. The standard InChI is InChI=1S/C17H14BrNO2/c1-21-17-15(19)14(18)9-13(16(17)20)12-7-6-10-4-2-3-5-11(10)8-12/h2-9,20H,19H2,1H3. The van der Waals surface area contributed by atoms with Gasteiger partial charge in [-0.1, -0.05) is 36.4 Å². The van der Waals surface area contributed by atoms with Gasteiger partial charge >= 0.3 is 0 Å². The van der Waals surface area contributed by atoms with Crippen molar-refractivity contribution >= 4 is 32.4 Å². The highest BCUT2D eigenvalue weighted by molar-refractivity contribution is 9.10. The lowest BCUT2D eigenvalue weighted by Gasteiger charge is -2.14. The first kappa shape index (κ1) is 13.8. The Balaban J connectivity index is 2.25. The number of methoxy groups -OCH3 is 1. The molecule has 3 nitrogen and oxygen atoms in total. The highest BCUT2D eigenvalue weighted by Crippen LogP contribution is 2.45. The molecule has 0 atom stereocenters. The van der Waals surface area contributed by atoms with Gasteiger partial charge in [0.05, 0.1) is 12.8 Å². The summed E-state index contributed by atoms with van der Waals surface area (Å²) in [5.74, 6) is 0.334. The van der Waals surface area contributed by atoms with E-state index < -0.39 is 0 Å². The first-order valence-corrected chi connectivity index (χ1v) is 7.25. The number of anilines is 1. The van der Waals surface area contributed by atoms with Crippen molar-refractivity contribution in [1.82, 2.24) is 0 Å². The average Bonchev–Trinajstić information content (AvgIpc) is 2.51. The van der Waals surface area contributed by atoms with Crippen LogP contribution in [-0.2, 0) is 0 Å². The Morgan fingerprint density at radius 3 is 2.48 bits per heavy atom. The summed E-state index contributed by atoms with van der Waals surface area (Å²) in [6.07, 6.45) is 0. The highest BCUT2D eigenvalue weighted by Gasteiger charge is 2.16. The Morgan fingerprint density at radius 1 is 1.05 bits per heavy atom. The number of ether oxygens (including phenoxy) is 1. The summed E-state index contributed by atoms with van der Waals surface area (Å²) >= 11 is 3.40. The van der Waals surface area contributed by atoms with E-state index in [1.807, 2.05) is 36.4 Å². The molecule has 4 heteroatoms. The van der Waals surface area contributed by atoms with Crippen molar-refractivity contribution in [2.24, 2.45) is 0 Å². The predicted molar refractivity (Wildman–Crippen MR) is 89.7 cm³/mol. The Labute approximate surface area is 131 Å². The number of phenolic OH excluding ortho intramolecular Hbond substituents is 1. The van der Waals surface area contributed by atoms with Crippen molar-refractivity contribution in [3.63, 3.8) is 0 Å². The number of aromatic hydroxyl groups is 1. The fourth-order valence-corrected chi connectivity index (χ4v) is 2.82. The summed E-state index contributed by atoms with van der Waals surface area (Å²) in [5.41, 5.74) is 7.87. The van der Waals surface area contributed by atoms with Crippen LogP contribution in [0, 0.1) is 0 Å². The third-order valence-electron chi connectivity index (χ3n) is 3.51. The van der Waals surface area contributed by atoms with Gasteiger partial charge in [-0.15, -0.1) is 0 Å². The Bertz CT molecular complexity index is 830. The molecule has 0 saturated carbocycles. The van der Waals surface area contributed by atoms with Crippen LogP contribution < -0.4 is 10.5 Å². The van der Waals surface area contributed by atoms with E-state index in [0.717, 1.165) is 16.3 Å². The smallest absolute Gasteiger partial charge is 0.185 e. The molecule has 0 aromatic heterocycles. The molecule has 0 aliphatic heterocycles. The lowest BCUT2D eigenvalue weighted by molar-refractivity contribution is 0.376. The normalized spacial score (nSPS) is 10.8. The number of benzene rings is 3. The highest BCUT2D eigenvalue weighted by atomic mass is 79.9. The van der Waals surface area contributed by atoms with Crippen molar-refractivity contribution in [2.45, 2.75) is 0 Å². The number of fused-ring (bicyclic) bond motifs is 1. The molecule has 0 saturated heterocycles. The SMILES string of the molecule is COc1c(N)c(Br)cc(-c2ccc3ccccc3c2)c1O. The molecular formula is C17H14BrNO2. The van der Waals surface area contributed by atoms with Crippen LogP contribution in [0.25, 0.3) is 21.9 Å². The summed E-state index contributed by atoms with van der Waals surface area (Å²) in [7, 11) is 1.49. The molecule has 0 radical (unpaired) electrons. The summed E-state index contributed by atoms with van der Waals surface area (Å²) in [6.45, 7) is 0. The van der Waals surface area contributed by atoms with Gasteiger partial charge in [0.2, 0.25) is 0 Å². The molecule has 0 spiro atoms. The first-order chi connectivity index (χ1) is 10.1. The van der Waals surface area contributed by atoms with E-state index in [1.165, 1.54) is 7.11 Å². The molecule has 0 unspecified atom stereocenters. The Morgan fingerprint density at radius 2 is 1.76 bits per heavy atom. The third kappa shape index (κ3) is 2.32. The molecule has 0 heterocycles. The molecular weight excluding hydrogens is 330 g/mol. The van der Waals surface area contributed by atoms with Crippen molar-refractivity contribution in [3.8, 4) is 22.6 Å². The molecule has 106 valence electrons. The molecule has 0 amide bonds.